The Hall–Kier alpha value is -0.680. The second-order valence-corrected chi connectivity index (χ2v) is 4.36. The second kappa shape index (κ2) is 4.45. The number of hydrogen-bond donors (Lipinski definition) is 0. The van der Waals surface area contributed by atoms with Crippen LogP contribution in [-0.2, 0) is 4.74 Å². The third-order valence-corrected chi connectivity index (χ3v) is 2.77. The van der Waals surface area contributed by atoms with Gasteiger partial charge in [-0.3, -0.25) is 0 Å². The maximum absolute atomic E-state index is 13.5. The zero-order chi connectivity index (χ0) is 10.8. The van der Waals surface area contributed by atoms with Crippen molar-refractivity contribution in [3.63, 3.8) is 0 Å². The first-order valence-electron chi connectivity index (χ1n) is 4.88. The van der Waals surface area contributed by atoms with E-state index in [1.165, 1.54) is 6.07 Å². The number of halogens is 2. The second-order valence-electron chi connectivity index (χ2n) is 3.44. The number of aromatic nitrogens is 1. The van der Waals surface area contributed by atoms with E-state index in [4.69, 9.17) is 4.74 Å². The minimum absolute atomic E-state index is 0.222. The maximum Gasteiger partial charge on any atom is 0.166 e. The third-order valence-electron chi connectivity index (χ3n) is 2.34. The molecule has 1 saturated heterocycles. The van der Waals surface area contributed by atoms with Crippen molar-refractivity contribution >= 4 is 21.7 Å². The summed E-state index contributed by atoms with van der Waals surface area (Å²) in [4.78, 5) is 5.92. The van der Waals surface area contributed by atoms with E-state index in [0.29, 0.717) is 16.9 Å². The van der Waals surface area contributed by atoms with E-state index in [0.717, 1.165) is 13.1 Å². The van der Waals surface area contributed by atoms with Crippen LogP contribution in [0.4, 0.5) is 10.2 Å². The van der Waals surface area contributed by atoms with Crippen LogP contribution in [0.15, 0.2) is 16.7 Å². The van der Waals surface area contributed by atoms with Crippen molar-refractivity contribution < 1.29 is 9.13 Å². The van der Waals surface area contributed by atoms with E-state index >= 15 is 0 Å². The van der Waals surface area contributed by atoms with E-state index < -0.39 is 0 Å². The third kappa shape index (κ3) is 2.29. The molecule has 2 rings (SSSR count). The van der Waals surface area contributed by atoms with Gasteiger partial charge in [-0.1, -0.05) is 0 Å². The van der Waals surface area contributed by atoms with E-state index in [9.17, 15) is 4.39 Å². The molecule has 0 bridgehead atoms. The molecule has 0 radical (unpaired) electrons. The monoisotopic (exact) mass is 274 g/mol. The minimum Gasteiger partial charge on any atom is -0.375 e. The molecule has 1 fully saturated rings. The minimum atomic E-state index is -0.292. The van der Waals surface area contributed by atoms with Gasteiger partial charge in [-0.25, -0.2) is 9.37 Å². The number of ether oxygens (including phenoxy) is 1. The fraction of sp³-hybridized carbons (Fsp3) is 0.500. The van der Waals surface area contributed by atoms with Gasteiger partial charge in [0.15, 0.2) is 11.6 Å². The lowest BCUT2D eigenvalue weighted by molar-refractivity contribution is 0.0424. The molecule has 5 heteroatoms. The highest BCUT2D eigenvalue weighted by Crippen LogP contribution is 2.24. The molecule has 0 aliphatic carbocycles. The predicted octanol–water partition coefficient (Wildman–Crippen LogP) is 2.21. The van der Waals surface area contributed by atoms with Gasteiger partial charge in [0, 0.05) is 30.4 Å². The molecule has 1 aromatic rings. The largest absolute Gasteiger partial charge is 0.375 e. The summed E-state index contributed by atoms with van der Waals surface area (Å²) < 4.78 is 19.5. The summed E-state index contributed by atoms with van der Waals surface area (Å²) in [7, 11) is 0. The van der Waals surface area contributed by atoms with Gasteiger partial charge in [0.2, 0.25) is 0 Å². The van der Waals surface area contributed by atoms with Gasteiger partial charge in [0.25, 0.3) is 0 Å². The van der Waals surface area contributed by atoms with Crippen LogP contribution in [0.2, 0.25) is 0 Å². The van der Waals surface area contributed by atoms with Gasteiger partial charge in [-0.2, -0.15) is 0 Å². The fourth-order valence-electron chi connectivity index (χ4n) is 1.59. The first-order chi connectivity index (χ1) is 7.20. The Labute approximate surface area is 96.4 Å². The summed E-state index contributed by atoms with van der Waals surface area (Å²) in [6.07, 6.45) is 1.83. The van der Waals surface area contributed by atoms with Crippen molar-refractivity contribution in [2.75, 3.05) is 24.6 Å². The maximum atomic E-state index is 13.5. The SMILES string of the molecule is CCOC1CN(c2ncc(Br)cc2F)C1. The van der Waals surface area contributed by atoms with E-state index in [1.807, 2.05) is 11.8 Å². The zero-order valence-corrected chi connectivity index (χ0v) is 10.00. The van der Waals surface area contributed by atoms with Crippen molar-refractivity contribution in [1.29, 1.82) is 0 Å². The topological polar surface area (TPSA) is 25.4 Å². The Morgan fingerprint density at radius 1 is 1.67 bits per heavy atom. The van der Waals surface area contributed by atoms with Crippen LogP contribution < -0.4 is 4.90 Å². The van der Waals surface area contributed by atoms with Crippen LogP contribution >= 0.6 is 15.9 Å². The molecule has 1 aliphatic heterocycles. The van der Waals surface area contributed by atoms with Gasteiger partial charge < -0.3 is 9.64 Å². The molecule has 82 valence electrons. The molecule has 1 aliphatic rings. The Morgan fingerprint density at radius 2 is 2.40 bits per heavy atom. The van der Waals surface area contributed by atoms with Crippen LogP contribution in [0.25, 0.3) is 0 Å². The fourth-order valence-corrected chi connectivity index (χ4v) is 1.90. The Balaban J connectivity index is 2.01. The molecule has 1 aromatic heterocycles. The van der Waals surface area contributed by atoms with Gasteiger partial charge in [-0.05, 0) is 28.9 Å². The lowest BCUT2D eigenvalue weighted by Gasteiger charge is -2.39. The van der Waals surface area contributed by atoms with Crippen LogP contribution in [-0.4, -0.2) is 30.8 Å². The van der Waals surface area contributed by atoms with Gasteiger partial charge in [0.05, 0.1) is 6.10 Å². The molecular formula is C10H12BrFN2O. The number of anilines is 1. The van der Waals surface area contributed by atoms with E-state index in [-0.39, 0.29) is 11.9 Å². The molecule has 2 heterocycles. The van der Waals surface area contributed by atoms with Crippen molar-refractivity contribution in [2.45, 2.75) is 13.0 Å². The van der Waals surface area contributed by atoms with Crippen LogP contribution in [0.3, 0.4) is 0 Å². The van der Waals surface area contributed by atoms with Crippen LogP contribution in [0, 0.1) is 5.82 Å². The lowest BCUT2D eigenvalue weighted by Crippen LogP contribution is -2.53. The Morgan fingerprint density at radius 3 is 3.00 bits per heavy atom. The lowest BCUT2D eigenvalue weighted by atomic mass is 10.1. The highest BCUT2D eigenvalue weighted by molar-refractivity contribution is 9.10. The smallest absolute Gasteiger partial charge is 0.166 e. The highest BCUT2D eigenvalue weighted by Gasteiger charge is 2.29. The van der Waals surface area contributed by atoms with Crippen LogP contribution in [0.5, 0.6) is 0 Å². The van der Waals surface area contributed by atoms with E-state index in [1.54, 1.807) is 6.20 Å². The quantitative estimate of drug-likeness (QED) is 0.845. The van der Waals surface area contributed by atoms with Crippen molar-refractivity contribution in [2.24, 2.45) is 0 Å². The standard InChI is InChI=1S/C10H12BrFN2O/c1-2-15-8-5-14(6-8)10-9(12)3-7(11)4-13-10/h3-4,8H,2,5-6H2,1H3. The molecule has 0 aromatic carbocycles. The highest BCUT2D eigenvalue weighted by atomic mass is 79.9. The summed E-state index contributed by atoms with van der Waals surface area (Å²) in [5.74, 6) is 0.119. The van der Waals surface area contributed by atoms with Crippen molar-refractivity contribution in [3.05, 3.63) is 22.6 Å². The number of pyridine rings is 1. The molecule has 0 saturated carbocycles. The van der Waals surface area contributed by atoms with Crippen LogP contribution in [0.1, 0.15) is 6.92 Å². The summed E-state index contributed by atoms with van der Waals surface area (Å²) in [6, 6.07) is 1.43. The molecular weight excluding hydrogens is 263 g/mol. The van der Waals surface area contributed by atoms with Crippen molar-refractivity contribution in [3.8, 4) is 0 Å². The first-order valence-corrected chi connectivity index (χ1v) is 5.67. The number of hydrogen-bond acceptors (Lipinski definition) is 3. The predicted molar refractivity (Wildman–Crippen MR) is 59.5 cm³/mol. The summed E-state index contributed by atoms with van der Waals surface area (Å²) in [6.45, 7) is 4.11. The molecule has 0 unspecified atom stereocenters. The van der Waals surface area contributed by atoms with Gasteiger partial charge >= 0.3 is 0 Å². The molecule has 0 N–H and O–H groups in total. The summed E-state index contributed by atoms with van der Waals surface area (Å²) in [5, 5.41) is 0. The number of rotatable bonds is 3. The molecule has 3 nitrogen and oxygen atoms in total. The molecule has 15 heavy (non-hydrogen) atoms. The average molecular weight is 275 g/mol. The Kier molecular flexibility index (Phi) is 3.21. The van der Waals surface area contributed by atoms with Gasteiger partial charge in [0.1, 0.15) is 0 Å². The average Bonchev–Trinajstić information content (AvgIpc) is 2.12. The van der Waals surface area contributed by atoms with Crippen molar-refractivity contribution in [1.82, 2.24) is 4.98 Å². The summed E-state index contributed by atoms with van der Waals surface area (Å²) in [5.41, 5.74) is 0. The first kappa shape index (κ1) is 10.8. The molecule has 0 amide bonds. The molecule has 0 atom stereocenters. The number of nitrogens with zero attached hydrogens (tertiary/aromatic N) is 2. The molecule has 0 spiro atoms. The van der Waals surface area contributed by atoms with E-state index in [2.05, 4.69) is 20.9 Å². The zero-order valence-electron chi connectivity index (χ0n) is 8.41. The van der Waals surface area contributed by atoms with Gasteiger partial charge in [-0.15, -0.1) is 0 Å². The summed E-state index contributed by atoms with van der Waals surface area (Å²) >= 11 is 3.18. The Bertz CT molecular complexity index is 355. The normalized spacial score (nSPS) is 16.6.